The van der Waals surface area contributed by atoms with Gasteiger partial charge in [0.25, 0.3) is 0 Å². The van der Waals surface area contributed by atoms with Gasteiger partial charge < -0.3 is 18.9 Å². The molecule has 172 valence electrons. The Balaban J connectivity index is 1.57. The maximum absolute atomic E-state index is 5.54. The zero-order chi connectivity index (χ0) is 23.5. The summed E-state index contributed by atoms with van der Waals surface area (Å²) >= 11 is 0. The van der Waals surface area contributed by atoms with Crippen LogP contribution in [0.1, 0.15) is 0 Å². The molecule has 5 rings (SSSR count). The highest BCUT2D eigenvalue weighted by molar-refractivity contribution is 5.87. The maximum Gasteiger partial charge on any atom is 0.124 e. The van der Waals surface area contributed by atoms with Crippen LogP contribution in [0.25, 0.3) is 22.0 Å². The number of rotatable bonds is 8. The van der Waals surface area contributed by atoms with E-state index < -0.39 is 0 Å². The van der Waals surface area contributed by atoms with Gasteiger partial charge in [-0.1, -0.05) is 0 Å². The first kappa shape index (κ1) is 21.6. The lowest BCUT2D eigenvalue weighted by molar-refractivity contribution is 0.394. The predicted molar refractivity (Wildman–Crippen MR) is 135 cm³/mol. The third-order valence-electron chi connectivity index (χ3n) is 5.91. The van der Waals surface area contributed by atoms with E-state index in [4.69, 9.17) is 9.47 Å². The first-order valence-corrected chi connectivity index (χ1v) is 11.1. The average Bonchev–Trinajstić information content (AvgIpc) is 3.55. The smallest absolute Gasteiger partial charge is 0.124 e. The van der Waals surface area contributed by atoms with E-state index >= 15 is 0 Å². The van der Waals surface area contributed by atoms with Crippen LogP contribution < -0.4 is 14.4 Å². The molecule has 2 aromatic carbocycles. The van der Waals surface area contributed by atoms with Crippen molar-refractivity contribution < 1.29 is 9.47 Å². The van der Waals surface area contributed by atoms with Gasteiger partial charge in [-0.05, 0) is 36.4 Å². The molecule has 0 unspecified atom stereocenters. The molecular formula is C27H27N5O2. The monoisotopic (exact) mass is 453 g/mol. The van der Waals surface area contributed by atoms with Crippen molar-refractivity contribution in [2.45, 2.75) is 6.54 Å². The molecule has 0 amide bonds. The van der Waals surface area contributed by atoms with Crippen molar-refractivity contribution in [2.75, 3.05) is 25.7 Å². The molecular weight excluding hydrogens is 426 g/mol. The van der Waals surface area contributed by atoms with Crippen LogP contribution in [0.15, 0.2) is 85.6 Å². The minimum Gasteiger partial charge on any atom is -0.497 e. The highest BCUT2D eigenvalue weighted by Crippen LogP contribution is 2.34. The average molecular weight is 454 g/mol. The Labute approximate surface area is 198 Å². The molecule has 0 spiro atoms. The quantitative estimate of drug-likeness (QED) is 0.319. The van der Waals surface area contributed by atoms with Crippen LogP contribution in [0.5, 0.6) is 11.5 Å². The number of anilines is 2. The summed E-state index contributed by atoms with van der Waals surface area (Å²) in [7, 11) is 5.26. The van der Waals surface area contributed by atoms with Crippen molar-refractivity contribution in [3.63, 3.8) is 0 Å². The van der Waals surface area contributed by atoms with Gasteiger partial charge in [-0.15, -0.1) is 0 Å². The predicted octanol–water partition coefficient (Wildman–Crippen LogP) is 5.29. The summed E-state index contributed by atoms with van der Waals surface area (Å²) in [5.74, 6) is 1.50. The normalized spacial score (nSPS) is 11.0. The molecule has 0 aliphatic heterocycles. The number of hydrogen-bond acceptors (Lipinski definition) is 5. The summed E-state index contributed by atoms with van der Waals surface area (Å²) in [4.78, 5) is 6.96. The zero-order valence-electron chi connectivity index (χ0n) is 19.5. The highest BCUT2D eigenvalue weighted by atomic mass is 16.5. The fraction of sp³-hybridized carbons (Fsp3) is 0.185. The Kier molecular flexibility index (Phi) is 5.91. The van der Waals surface area contributed by atoms with Crippen molar-refractivity contribution >= 4 is 22.3 Å². The lowest BCUT2D eigenvalue weighted by Crippen LogP contribution is -2.22. The second-order valence-corrected chi connectivity index (χ2v) is 8.15. The van der Waals surface area contributed by atoms with Crippen LogP contribution in [0.3, 0.4) is 0 Å². The molecule has 5 aromatic rings. The second kappa shape index (κ2) is 9.31. The number of aromatic nitrogens is 4. The number of aryl methyl sites for hydroxylation is 1. The number of ether oxygens (including phenoxy) is 2. The molecule has 0 saturated carbocycles. The molecule has 0 radical (unpaired) electrons. The lowest BCUT2D eigenvalue weighted by Gasteiger charge is -2.26. The summed E-state index contributed by atoms with van der Waals surface area (Å²) in [6.45, 7) is 1.60. The summed E-state index contributed by atoms with van der Waals surface area (Å²) in [6, 6.07) is 18.6. The van der Waals surface area contributed by atoms with Crippen LogP contribution in [0.4, 0.5) is 11.4 Å². The van der Waals surface area contributed by atoms with Crippen LogP contribution in [0, 0.1) is 0 Å². The number of benzene rings is 2. The van der Waals surface area contributed by atoms with Gasteiger partial charge in [0.15, 0.2) is 0 Å². The number of fused-ring (bicyclic) bond motifs is 1. The summed E-state index contributed by atoms with van der Waals surface area (Å²) in [5, 5.41) is 5.36. The van der Waals surface area contributed by atoms with E-state index in [9.17, 15) is 0 Å². The van der Waals surface area contributed by atoms with Gasteiger partial charge in [0.05, 0.1) is 25.9 Å². The molecule has 3 heterocycles. The van der Waals surface area contributed by atoms with Crippen LogP contribution >= 0.6 is 0 Å². The second-order valence-electron chi connectivity index (χ2n) is 8.15. The molecule has 7 nitrogen and oxygen atoms in total. The lowest BCUT2D eigenvalue weighted by atomic mass is 10.1. The molecule has 0 saturated heterocycles. The number of pyridine rings is 1. The molecule has 7 heteroatoms. The Bertz CT molecular complexity index is 1390. The van der Waals surface area contributed by atoms with E-state index in [1.807, 2.05) is 56.0 Å². The first-order valence-electron chi connectivity index (χ1n) is 11.1. The molecule has 0 aliphatic carbocycles. The highest BCUT2D eigenvalue weighted by Gasteiger charge is 2.14. The maximum atomic E-state index is 5.54. The van der Waals surface area contributed by atoms with E-state index in [1.54, 1.807) is 18.9 Å². The van der Waals surface area contributed by atoms with Gasteiger partial charge in [-0.25, -0.2) is 0 Å². The third-order valence-corrected chi connectivity index (χ3v) is 5.91. The largest absolute Gasteiger partial charge is 0.497 e. The fourth-order valence-electron chi connectivity index (χ4n) is 4.11. The van der Waals surface area contributed by atoms with Crippen molar-refractivity contribution in [3.05, 3.63) is 85.6 Å². The molecule has 0 aliphatic rings. The van der Waals surface area contributed by atoms with Gasteiger partial charge in [0.2, 0.25) is 0 Å². The van der Waals surface area contributed by atoms with Crippen molar-refractivity contribution in [3.8, 4) is 22.6 Å². The Morgan fingerprint density at radius 2 is 1.62 bits per heavy atom. The first-order chi connectivity index (χ1) is 16.6. The number of hydrogen-bond donors (Lipinski definition) is 0. The van der Waals surface area contributed by atoms with Gasteiger partial charge in [-0.3, -0.25) is 9.67 Å². The van der Waals surface area contributed by atoms with Crippen LogP contribution in [-0.2, 0) is 13.6 Å². The third kappa shape index (κ3) is 4.45. The van der Waals surface area contributed by atoms with E-state index in [2.05, 4.69) is 56.2 Å². The van der Waals surface area contributed by atoms with Gasteiger partial charge in [-0.2, -0.15) is 5.10 Å². The van der Waals surface area contributed by atoms with Gasteiger partial charge in [0, 0.05) is 91.0 Å². The molecule has 0 N–H and O–H groups in total. The van der Waals surface area contributed by atoms with E-state index in [1.165, 1.54) is 0 Å². The summed E-state index contributed by atoms with van der Waals surface area (Å²) in [5.41, 5.74) is 5.10. The van der Waals surface area contributed by atoms with Crippen LogP contribution in [-0.4, -0.2) is 40.1 Å². The molecule has 34 heavy (non-hydrogen) atoms. The Morgan fingerprint density at radius 3 is 2.29 bits per heavy atom. The topological polar surface area (TPSA) is 57.3 Å². The van der Waals surface area contributed by atoms with E-state index in [-0.39, 0.29) is 0 Å². The van der Waals surface area contributed by atoms with Crippen molar-refractivity contribution in [1.82, 2.24) is 19.3 Å². The van der Waals surface area contributed by atoms with Gasteiger partial charge in [0.1, 0.15) is 11.5 Å². The summed E-state index contributed by atoms with van der Waals surface area (Å²) < 4.78 is 15.1. The minimum absolute atomic E-state index is 0.752. The molecule has 0 bridgehead atoms. The van der Waals surface area contributed by atoms with E-state index in [0.29, 0.717) is 0 Å². The molecule has 0 atom stereocenters. The fourth-order valence-corrected chi connectivity index (χ4v) is 4.11. The molecule has 0 fully saturated rings. The van der Waals surface area contributed by atoms with Crippen LogP contribution in [0.2, 0.25) is 0 Å². The van der Waals surface area contributed by atoms with Gasteiger partial charge >= 0.3 is 0 Å². The standard InChI is InChI=1S/C27H27N5O2/c1-30-19-22(18-29-30)21-12-20-13-23(6-7-27(20)28-17-21)32(11-10-31-8-4-5-9-31)24-14-25(33-2)16-26(15-24)34-3/h4-9,12-19H,10-11H2,1-3H3. The number of nitrogens with zero attached hydrogens (tertiary/aromatic N) is 5. The summed E-state index contributed by atoms with van der Waals surface area (Å²) in [6.07, 6.45) is 9.91. The van der Waals surface area contributed by atoms with Crippen molar-refractivity contribution in [2.24, 2.45) is 7.05 Å². The Hall–Kier alpha value is -4.26. The SMILES string of the molecule is COc1cc(OC)cc(N(CCn2cccc2)c2ccc3ncc(-c4cnn(C)c4)cc3c2)c1. The Morgan fingerprint density at radius 1 is 0.853 bits per heavy atom. The number of methoxy groups -OCH3 is 2. The zero-order valence-corrected chi connectivity index (χ0v) is 19.5. The minimum atomic E-state index is 0.752. The van der Waals surface area contributed by atoms with Crippen molar-refractivity contribution in [1.29, 1.82) is 0 Å². The molecule has 3 aromatic heterocycles. The van der Waals surface area contributed by atoms with E-state index in [0.717, 1.165) is 58.0 Å².